The van der Waals surface area contributed by atoms with Crippen LogP contribution < -0.4 is 10.6 Å². The van der Waals surface area contributed by atoms with Gasteiger partial charge in [-0.15, -0.1) is 11.3 Å². The van der Waals surface area contributed by atoms with Crippen molar-refractivity contribution in [3.8, 4) is 11.3 Å². The number of nitrogens with one attached hydrogen (secondary N) is 2. The Balaban J connectivity index is 0.000000345. The standard InChI is InChI=1S/C16H19N3OS.C2HF3O2/c1-2-14-7-12(10-21-14)15-4-3-11(8-18-15)16(20)19-13-5-6-17-9-13;3-2(4,5)1(6)7/h3-4,7-8,10,13,17H,2,5-6,9H2,1H3,(H,19,20);(H,6,7). The van der Waals surface area contributed by atoms with Crippen LogP contribution in [-0.2, 0) is 11.2 Å². The maximum Gasteiger partial charge on any atom is 0.490 e. The molecule has 152 valence electrons. The molecule has 0 bridgehead atoms. The molecular formula is C18H20F3N3O3S. The molecule has 0 saturated carbocycles. The van der Waals surface area contributed by atoms with Gasteiger partial charge in [0.25, 0.3) is 5.91 Å². The highest BCUT2D eigenvalue weighted by atomic mass is 32.1. The van der Waals surface area contributed by atoms with Crippen LogP contribution in [0.2, 0.25) is 0 Å². The third kappa shape index (κ3) is 6.31. The van der Waals surface area contributed by atoms with Crippen LogP contribution in [0.3, 0.4) is 0 Å². The molecule has 28 heavy (non-hydrogen) atoms. The summed E-state index contributed by atoms with van der Waals surface area (Å²) in [6.45, 7) is 3.97. The maximum absolute atomic E-state index is 12.1. The number of halogens is 3. The molecule has 1 amide bonds. The van der Waals surface area contributed by atoms with Gasteiger partial charge in [-0.3, -0.25) is 9.78 Å². The molecule has 0 spiro atoms. The Morgan fingerprint density at radius 2 is 2.11 bits per heavy atom. The van der Waals surface area contributed by atoms with E-state index < -0.39 is 12.1 Å². The number of pyridine rings is 1. The van der Waals surface area contributed by atoms with Crippen molar-refractivity contribution in [2.45, 2.75) is 32.0 Å². The second kappa shape index (κ2) is 9.65. The summed E-state index contributed by atoms with van der Waals surface area (Å²) in [5.74, 6) is -2.80. The van der Waals surface area contributed by atoms with Crippen LogP contribution in [0.5, 0.6) is 0 Å². The summed E-state index contributed by atoms with van der Waals surface area (Å²) in [5, 5.41) is 15.5. The molecule has 1 aliphatic rings. The molecule has 1 atom stereocenters. The number of thiophene rings is 1. The SMILES string of the molecule is CCc1cc(-c2ccc(C(=O)NC3CCNC3)cn2)cs1.O=C(O)C(F)(F)F. The summed E-state index contributed by atoms with van der Waals surface area (Å²) in [6.07, 6.45) is -1.39. The number of aromatic nitrogens is 1. The monoisotopic (exact) mass is 415 g/mol. The summed E-state index contributed by atoms with van der Waals surface area (Å²) >= 11 is 1.75. The smallest absolute Gasteiger partial charge is 0.475 e. The lowest BCUT2D eigenvalue weighted by molar-refractivity contribution is -0.192. The Morgan fingerprint density at radius 1 is 1.39 bits per heavy atom. The van der Waals surface area contributed by atoms with Crippen LogP contribution in [-0.4, -0.2) is 47.3 Å². The highest BCUT2D eigenvalue weighted by Crippen LogP contribution is 2.24. The zero-order valence-corrected chi connectivity index (χ0v) is 15.9. The first-order valence-electron chi connectivity index (χ1n) is 8.56. The number of hydrogen-bond donors (Lipinski definition) is 3. The number of carbonyl (C=O) groups is 2. The normalized spacial score (nSPS) is 16.2. The van der Waals surface area contributed by atoms with Gasteiger partial charge in [0.1, 0.15) is 0 Å². The molecule has 10 heteroatoms. The molecule has 1 unspecified atom stereocenters. The Labute approximate surface area is 163 Å². The predicted molar refractivity (Wildman–Crippen MR) is 99.4 cm³/mol. The lowest BCUT2D eigenvalue weighted by atomic mass is 10.1. The summed E-state index contributed by atoms with van der Waals surface area (Å²) < 4.78 is 31.7. The number of rotatable bonds is 4. The first-order chi connectivity index (χ1) is 13.2. The summed E-state index contributed by atoms with van der Waals surface area (Å²) in [5.41, 5.74) is 2.67. The lowest BCUT2D eigenvalue weighted by Crippen LogP contribution is -2.36. The molecule has 0 radical (unpaired) electrons. The Bertz CT molecular complexity index is 800. The van der Waals surface area contributed by atoms with E-state index in [0.29, 0.717) is 5.56 Å². The quantitative estimate of drug-likeness (QED) is 0.714. The van der Waals surface area contributed by atoms with E-state index in [4.69, 9.17) is 9.90 Å². The molecule has 3 N–H and O–H groups in total. The van der Waals surface area contributed by atoms with Gasteiger partial charge in [0, 0.05) is 34.6 Å². The number of hydrogen-bond acceptors (Lipinski definition) is 5. The highest BCUT2D eigenvalue weighted by molar-refractivity contribution is 7.10. The van der Waals surface area contributed by atoms with Gasteiger partial charge in [0.15, 0.2) is 0 Å². The van der Waals surface area contributed by atoms with Gasteiger partial charge in [0.2, 0.25) is 0 Å². The van der Waals surface area contributed by atoms with Gasteiger partial charge in [-0.1, -0.05) is 6.92 Å². The average molecular weight is 415 g/mol. The number of carboxylic acid groups (broad SMARTS) is 1. The van der Waals surface area contributed by atoms with Gasteiger partial charge < -0.3 is 15.7 Å². The molecular weight excluding hydrogens is 395 g/mol. The Kier molecular flexibility index (Phi) is 7.53. The van der Waals surface area contributed by atoms with Crippen molar-refractivity contribution in [2.75, 3.05) is 13.1 Å². The van der Waals surface area contributed by atoms with Crippen molar-refractivity contribution < 1.29 is 27.9 Å². The van der Waals surface area contributed by atoms with Gasteiger partial charge in [0.05, 0.1) is 11.3 Å². The first kappa shape index (κ1) is 21.8. The minimum atomic E-state index is -5.08. The van der Waals surface area contributed by atoms with E-state index in [-0.39, 0.29) is 11.9 Å². The van der Waals surface area contributed by atoms with E-state index in [2.05, 4.69) is 34.0 Å². The second-order valence-corrected chi connectivity index (χ2v) is 7.05. The number of carbonyl (C=O) groups excluding carboxylic acids is 1. The molecule has 3 rings (SSSR count). The number of alkyl halides is 3. The van der Waals surface area contributed by atoms with E-state index in [1.807, 2.05) is 12.1 Å². The van der Waals surface area contributed by atoms with Crippen molar-refractivity contribution in [1.82, 2.24) is 15.6 Å². The fourth-order valence-electron chi connectivity index (χ4n) is 2.45. The van der Waals surface area contributed by atoms with E-state index >= 15 is 0 Å². The van der Waals surface area contributed by atoms with Gasteiger partial charge >= 0.3 is 12.1 Å². The highest BCUT2D eigenvalue weighted by Gasteiger charge is 2.38. The number of aliphatic carboxylic acids is 1. The third-order valence-corrected chi connectivity index (χ3v) is 5.04. The van der Waals surface area contributed by atoms with E-state index in [1.54, 1.807) is 17.5 Å². The minimum absolute atomic E-state index is 0.0395. The van der Waals surface area contributed by atoms with Crippen LogP contribution in [0.15, 0.2) is 29.8 Å². The zero-order valence-electron chi connectivity index (χ0n) is 15.0. The number of amides is 1. The molecule has 0 aliphatic carbocycles. The van der Waals surface area contributed by atoms with Gasteiger partial charge in [-0.05, 0) is 37.6 Å². The van der Waals surface area contributed by atoms with Crippen molar-refractivity contribution in [1.29, 1.82) is 0 Å². The first-order valence-corrected chi connectivity index (χ1v) is 9.44. The van der Waals surface area contributed by atoms with Crippen LogP contribution in [0.1, 0.15) is 28.6 Å². The summed E-state index contributed by atoms with van der Waals surface area (Å²) in [6, 6.07) is 6.17. The van der Waals surface area contributed by atoms with Crippen LogP contribution >= 0.6 is 11.3 Å². The van der Waals surface area contributed by atoms with Crippen LogP contribution in [0.25, 0.3) is 11.3 Å². The number of nitrogens with zero attached hydrogens (tertiary/aromatic N) is 1. The largest absolute Gasteiger partial charge is 0.490 e. The predicted octanol–water partition coefficient (Wildman–Crippen LogP) is 3.10. The molecule has 6 nitrogen and oxygen atoms in total. The van der Waals surface area contributed by atoms with Crippen molar-refractivity contribution in [2.24, 2.45) is 0 Å². The Morgan fingerprint density at radius 3 is 2.57 bits per heavy atom. The molecule has 0 aromatic carbocycles. The van der Waals surface area contributed by atoms with Crippen molar-refractivity contribution >= 4 is 23.2 Å². The fourth-order valence-corrected chi connectivity index (χ4v) is 3.27. The number of carboxylic acids is 1. The number of aryl methyl sites for hydroxylation is 1. The minimum Gasteiger partial charge on any atom is -0.475 e. The van der Waals surface area contributed by atoms with Crippen LogP contribution in [0, 0.1) is 0 Å². The molecule has 1 fully saturated rings. The fraction of sp³-hybridized carbons (Fsp3) is 0.389. The topological polar surface area (TPSA) is 91.3 Å². The van der Waals surface area contributed by atoms with E-state index in [9.17, 15) is 18.0 Å². The van der Waals surface area contributed by atoms with Gasteiger partial charge in [-0.25, -0.2) is 4.79 Å². The second-order valence-electron chi connectivity index (χ2n) is 6.05. The summed E-state index contributed by atoms with van der Waals surface area (Å²) in [4.78, 5) is 26.8. The maximum atomic E-state index is 12.1. The summed E-state index contributed by atoms with van der Waals surface area (Å²) in [7, 11) is 0. The molecule has 2 aromatic rings. The van der Waals surface area contributed by atoms with E-state index in [0.717, 1.165) is 37.2 Å². The van der Waals surface area contributed by atoms with Crippen LogP contribution in [0.4, 0.5) is 13.2 Å². The molecule has 3 heterocycles. The van der Waals surface area contributed by atoms with Crippen molar-refractivity contribution in [3.63, 3.8) is 0 Å². The van der Waals surface area contributed by atoms with E-state index in [1.165, 1.54) is 4.88 Å². The Hall–Kier alpha value is -2.46. The lowest BCUT2D eigenvalue weighted by Gasteiger charge is -2.11. The molecule has 1 aliphatic heterocycles. The molecule has 2 aromatic heterocycles. The average Bonchev–Trinajstić information content (AvgIpc) is 3.33. The third-order valence-electron chi connectivity index (χ3n) is 3.96. The molecule has 1 saturated heterocycles. The van der Waals surface area contributed by atoms with Gasteiger partial charge in [-0.2, -0.15) is 13.2 Å². The van der Waals surface area contributed by atoms with Crippen molar-refractivity contribution in [3.05, 3.63) is 40.2 Å². The zero-order chi connectivity index (χ0) is 20.7.